The van der Waals surface area contributed by atoms with Crippen molar-refractivity contribution in [1.82, 2.24) is 0 Å². The van der Waals surface area contributed by atoms with Crippen LogP contribution in [0.4, 0.5) is 0 Å². The summed E-state index contributed by atoms with van der Waals surface area (Å²) < 4.78 is 10.1. The van der Waals surface area contributed by atoms with Gasteiger partial charge < -0.3 is 14.6 Å². The Bertz CT molecular complexity index is 345. The Balaban J connectivity index is 2.53. The average molecular weight is 206 g/mol. The van der Waals surface area contributed by atoms with E-state index in [1.54, 1.807) is 31.4 Å². The molecule has 1 aromatic carbocycles. The molecule has 0 amide bonds. The molecule has 1 atom stereocenters. The van der Waals surface area contributed by atoms with E-state index in [4.69, 9.17) is 14.6 Å². The number of hydrogen-bond donors (Lipinski definition) is 1. The summed E-state index contributed by atoms with van der Waals surface area (Å²) in [5, 5.41) is 9.14. The first kappa shape index (κ1) is 11.4. The van der Waals surface area contributed by atoms with E-state index in [9.17, 15) is 0 Å². The molecule has 1 rings (SSSR count). The molecule has 15 heavy (non-hydrogen) atoms. The molecule has 0 aromatic heterocycles. The van der Waals surface area contributed by atoms with E-state index in [1.807, 2.05) is 6.92 Å². The van der Waals surface area contributed by atoms with Gasteiger partial charge in [0.15, 0.2) is 0 Å². The molecule has 0 saturated carbocycles. The van der Waals surface area contributed by atoms with Gasteiger partial charge in [0.05, 0.1) is 7.11 Å². The van der Waals surface area contributed by atoms with Crippen molar-refractivity contribution in [2.45, 2.75) is 19.4 Å². The Morgan fingerprint density at radius 3 is 2.40 bits per heavy atom. The van der Waals surface area contributed by atoms with Crippen molar-refractivity contribution in [2.24, 2.45) is 0 Å². The maximum Gasteiger partial charge on any atom is 0.140 e. The Labute approximate surface area is 89.6 Å². The van der Waals surface area contributed by atoms with E-state index in [1.165, 1.54) is 0 Å². The van der Waals surface area contributed by atoms with Crippen molar-refractivity contribution in [3.63, 3.8) is 0 Å². The first-order valence-corrected chi connectivity index (χ1v) is 4.75. The molecule has 0 aliphatic rings. The van der Waals surface area contributed by atoms with Crippen molar-refractivity contribution in [3.8, 4) is 23.5 Å². The van der Waals surface area contributed by atoms with Crippen LogP contribution in [0.1, 0.15) is 13.3 Å². The molecule has 0 bridgehead atoms. The molecule has 3 nitrogen and oxygen atoms in total. The predicted molar refractivity (Wildman–Crippen MR) is 57.7 cm³/mol. The molecule has 0 heterocycles. The monoisotopic (exact) mass is 206 g/mol. The van der Waals surface area contributed by atoms with Gasteiger partial charge in [-0.1, -0.05) is 6.92 Å². The van der Waals surface area contributed by atoms with E-state index < -0.39 is 6.10 Å². The third kappa shape index (κ3) is 3.92. The van der Waals surface area contributed by atoms with Gasteiger partial charge in [0.2, 0.25) is 0 Å². The number of hydrogen-bond acceptors (Lipinski definition) is 3. The zero-order chi connectivity index (χ0) is 11.1. The summed E-state index contributed by atoms with van der Waals surface area (Å²) in [7, 11) is 1.60. The largest absolute Gasteiger partial charge is 0.497 e. The number of ether oxygens (including phenoxy) is 2. The number of aliphatic hydroxyl groups excluding tert-OH is 1. The van der Waals surface area contributed by atoms with Crippen LogP contribution in [0, 0.1) is 12.0 Å². The Morgan fingerprint density at radius 2 is 1.87 bits per heavy atom. The molecule has 0 aliphatic heterocycles. The normalized spacial score (nSPS) is 11.1. The molecule has 0 aliphatic carbocycles. The number of rotatable bonds is 3. The van der Waals surface area contributed by atoms with Gasteiger partial charge in [-0.25, -0.2) is 0 Å². The molecular weight excluding hydrogens is 192 g/mol. The van der Waals surface area contributed by atoms with Crippen molar-refractivity contribution in [2.75, 3.05) is 7.11 Å². The highest BCUT2D eigenvalue weighted by Gasteiger charge is 1.94. The lowest BCUT2D eigenvalue weighted by molar-refractivity contribution is 0.227. The van der Waals surface area contributed by atoms with Gasteiger partial charge in [-0.15, -0.1) is 0 Å². The molecule has 80 valence electrons. The van der Waals surface area contributed by atoms with Crippen LogP contribution in [0.2, 0.25) is 0 Å². The van der Waals surface area contributed by atoms with E-state index >= 15 is 0 Å². The van der Waals surface area contributed by atoms with Crippen molar-refractivity contribution < 1.29 is 14.6 Å². The number of aliphatic hydroxyl groups is 1. The van der Waals surface area contributed by atoms with Gasteiger partial charge in [-0.05, 0) is 36.6 Å². The molecule has 1 N–H and O–H groups in total. The summed E-state index contributed by atoms with van der Waals surface area (Å²) >= 11 is 0. The number of benzene rings is 1. The van der Waals surface area contributed by atoms with Crippen LogP contribution in [-0.4, -0.2) is 18.3 Å². The van der Waals surface area contributed by atoms with Crippen LogP contribution < -0.4 is 9.47 Å². The predicted octanol–water partition coefficient (Wildman–Crippen LogP) is 1.81. The van der Waals surface area contributed by atoms with Crippen LogP contribution >= 0.6 is 0 Å². The average Bonchev–Trinajstić information content (AvgIpc) is 2.29. The maximum atomic E-state index is 9.14. The lowest BCUT2D eigenvalue weighted by Crippen LogP contribution is -1.99. The second-order valence-electron chi connectivity index (χ2n) is 2.95. The highest BCUT2D eigenvalue weighted by molar-refractivity contribution is 5.32. The molecule has 0 saturated heterocycles. The fourth-order valence-corrected chi connectivity index (χ4v) is 0.902. The summed E-state index contributed by atoms with van der Waals surface area (Å²) in [5.74, 6) is 3.96. The first-order chi connectivity index (χ1) is 7.26. The Morgan fingerprint density at radius 1 is 1.27 bits per heavy atom. The minimum atomic E-state index is -0.622. The topological polar surface area (TPSA) is 38.7 Å². The Kier molecular flexibility index (Phi) is 4.52. The standard InChI is InChI=1S/C12H14O3/c1-3-10(13)8-9-15-12-6-4-11(14-2)5-7-12/h4-7,10,13H,3H2,1-2H3. The number of methoxy groups -OCH3 is 1. The molecular formula is C12H14O3. The van der Waals surface area contributed by atoms with E-state index in [0.29, 0.717) is 12.2 Å². The van der Waals surface area contributed by atoms with Crippen molar-refractivity contribution in [1.29, 1.82) is 0 Å². The maximum absolute atomic E-state index is 9.14. The van der Waals surface area contributed by atoms with E-state index in [-0.39, 0.29) is 0 Å². The van der Waals surface area contributed by atoms with E-state index in [2.05, 4.69) is 12.0 Å². The van der Waals surface area contributed by atoms with Crippen LogP contribution in [-0.2, 0) is 0 Å². The molecule has 0 radical (unpaired) electrons. The summed E-state index contributed by atoms with van der Waals surface area (Å²) in [5.41, 5.74) is 0. The van der Waals surface area contributed by atoms with Crippen LogP contribution in [0.25, 0.3) is 0 Å². The second kappa shape index (κ2) is 5.94. The minimum Gasteiger partial charge on any atom is -0.497 e. The lowest BCUT2D eigenvalue weighted by atomic mass is 10.3. The van der Waals surface area contributed by atoms with Gasteiger partial charge in [0, 0.05) is 0 Å². The van der Waals surface area contributed by atoms with Crippen molar-refractivity contribution >= 4 is 0 Å². The smallest absolute Gasteiger partial charge is 0.140 e. The third-order valence-electron chi connectivity index (χ3n) is 1.84. The fraction of sp³-hybridized carbons (Fsp3) is 0.333. The third-order valence-corrected chi connectivity index (χ3v) is 1.84. The molecule has 1 aromatic rings. The highest BCUT2D eigenvalue weighted by atomic mass is 16.5. The highest BCUT2D eigenvalue weighted by Crippen LogP contribution is 2.16. The van der Waals surface area contributed by atoms with E-state index in [0.717, 1.165) is 5.75 Å². The summed E-state index contributed by atoms with van der Waals surface area (Å²) in [6.45, 7) is 1.85. The van der Waals surface area contributed by atoms with Gasteiger partial charge in [-0.3, -0.25) is 0 Å². The van der Waals surface area contributed by atoms with Crippen molar-refractivity contribution in [3.05, 3.63) is 24.3 Å². The van der Waals surface area contributed by atoms with Crippen LogP contribution in [0.3, 0.4) is 0 Å². The first-order valence-electron chi connectivity index (χ1n) is 4.75. The SMILES string of the molecule is CCC(O)C#COc1ccc(OC)cc1. The van der Waals surface area contributed by atoms with Gasteiger partial charge in [0.1, 0.15) is 23.7 Å². The molecule has 0 fully saturated rings. The van der Waals surface area contributed by atoms with Gasteiger partial charge in [0.25, 0.3) is 0 Å². The summed E-state index contributed by atoms with van der Waals surface area (Å²) in [6, 6.07) is 7.08. The summed E-state index contributed by atoms with van der Waals surface area (Å²) in [6.07, 6.45) is 2.42. The van der Waals surface area contributed by atoms with Crippen LogP contribution in [0.15, 0.2) is 24.3 Å². The lowest BCUT2D eigenvalue weighted by Gasteiger charge is -2.00. The molecule has 1 unspecified atom stereocenters. The minimum absolute atomic E-state index is 0.596. The second-order valence-corrected chi connectivity index (χ2v) is 2.95. The molecule has 3 heteroatoms. The van der Waals surface area contributed by atoms with Gasteiger partial charge >= 0.3 is 0 Å². The molecule has 0 spiro atoms. The quantitative estimate of drug-likeness (QED) is 0.766. The zero-order valence-electron chi connectivity index (χ0n) is 8.86. The Hall–Kier alpha value is -1.66. The zero-order valence-corrected chi connectivity index (χ0v) is 8.86. The van der Waals surface area contributed by atoms with Gasteiger partial charge in [-0.2, -0.15) is 0 Å². The fourth-order valence-electron chi connectivity index (χ4n) is 0.902. The van der Waals surface area contributed by atoms with Crippen LogP contribution in [0.5, 0.6) is 11.5 Å². The summed E-state index contributed by atoms with van der Waals surface area (Å²) in [4.78, 5) is 0.